The van der Waals surface area contributed by atoms with Gasteiger partial charge < -0.3 is 10.6 Å². The quantitative estimate of drug-likeness (QED) is 0.687. The molecule has 130 valence electrons. The largest absolute Gasteiger partial charge is 0.375 e. The zero-order valence-corrected chi connectivity index (χ0v) is 15.3. The number of carbonyl (C=O) groups excluding carboxylic acids is 2. The van der Waals surface area contributed by atoms with Crippen molar-refractivity contribution in [3.8, 4) is 6.07 Å². The van der Waals surface area contributed by atoms with Crippen molar-refractivity contribution in [2.24, 2.45) is 5.92 Å². The summed E-state index contributed by atoms with van der Waals surface area (Å²) in [5.41, 5.74) is 0.400. The molecular formula is C17H24N4O2S. The lowest BCUT2D eigenvalue weighted by Gasteiger charge is -2.20. The molecule has 0 aliphatic heterocycles. The van der Waals surface area contributed by atoms with Crippen LogP contribution in [0.25, 0.3) is 0 Å². The third kappa shape index (κ3) is 7.88. The van der Waals surface area contributed by atoms with Crippen molar-refractivity contribution in [2.45, 2.75) is 38.1 Å². The van der Waals surface area contributed by atoms with Crippen LogP contribution < -0.4 is 16.0 Å². The van der Waals surface area contributed by atoms with E-state index in [0.29, 0.717) is 5.75 Å². The molecule has 1 aromatic carbocycles. The van der Waals surface area contributed by atoms with E-state index in [1.807, 2.05) is 52.0 Å². The summed E-state index contributed by atoms with van der Waals surface area (Å²) in [5, 5.41) is 16.8. The molecular weight excluding hydrogens is 324 g/mol. The Labute approximate surface area is 147 Å². The maximum atomic E-state index is 11.9. The van der Waals surface area contributed by atoms with Crippen LogP contribution in [-0.4, -0.2) is 29.8 Å². The topological polar surface area (TPSA) is 94.0 Å². The summed E-state index contributed by atoms with van der Waals surface area (Å²) in [6.45, 7) is 7.37. The Morgan fingerprint density at radius 2 is 1.96 bits per heavy atom. The molecule has 0 aromatic heterocycles. The number of para-hydroxylation sites is 1. The van der Waals surface area contributed by atoms with E-state index in [1.165, 1.54) is 0 Å². The predicted octanol–water partition coefficient (Wildman–Crippen LogP) is 2.97. The predicted molar refractivity (Wildman–Crippen MR) is 96.9 cm³/mol. The average molecular weight is 348 g/mol. The second-order valence-corrected chi connectivity index (χ2v) is 7.50. The van der Waals surface area contributed by atoms with Gasteiger partial charge in [0, 0.05) is 21.9 Å². The SMILES string of the molecule is C[C@@H](C#N)CSc1ccccc1NCC(=O)NC(=O)NC(C)(C)C. The van der Waals surface area contributed by atoms with Gasteiger partial charge in [-0.3, -0.25) is 10.1 Å². The van der Waals surface area contributed by atoms with Crippen LogP contribution in [0.4, 0.5) is 10.5 Å². The summed E-state index contributed by atoms with van der Waals surface area (Å²) in [4.78, 5) is 24.5. The number of nitriles is 1. The van der Waals surface area contributed by atoms with Gasteiger partial charge in [0.05, 0.1) is 18.5 Å². The molecule has 0 aliphatic carbocycles. The Bertz CT molecular complexity index is 620. The molecule has 0 spiro atoms. The first-order valence-electron chi connectivity index (χ1n) is 7.68. The van der Waals surface area contributed by atoms with Gasteiger partial charge in [0.2, 0.25) is 5.91 Å². The van der Waals surface area contributed by atoms with Crippen LogP contribution in [0.3, 0.4) is 0 Å². The van der Waals surface area contributed by atoms with Crippen LogP contribution >= 0.6 is 11.8 Å². The van der Waals surface area contributed by atoms with Crippen molar-refractivity contribution in [3.05, 3.63) is 24.3 Å². The molecule has 0 radical (unpaired) electrons. The number of hydrogen-bond acceptors (Lipinski definition) is 5. The minimum absolute atomic E-state index is 0.0110. The van der Waals surface area contributed by atoms with E-state index in [4.69, 9.17) is 5.26 Å². The van der Waals surface area contributed by atoms with E-state index >= 15 is 0 Å². The number of anilines is 1. The number of carbonyl (C=O) groups is 2. The lowest BCUT2D eigenvalue weighted by molar-refractivity contribution is -0.118. The second-order valence-electron chi connectivity index (χ2n) is 6.44. The molecule has 3 amide bonds. The number of rotatable bonds is 6. The number of benzene rings is 1. The molecule has 1 atom stereocenters. The van der Waals surface area contributed by atoms with Crippen LogP contribution in [-0.2, 0) is 4.79 Å². The first-order valence-corrected chi connectivity index (χ1v) is 8.67. The second kappa shape index (κ2) is 9.18. The van der Waals surface area contributed by atoms with Gasteiger partial charge in [-0.15, -0.1) is 11.8 Å². The van der Waals surface area contributed by atoms with Crippen molar-refractivity contribution in [2.75, 3.05) is 17.6 Å². The molecule has 0 heterocycles. The third-order valence-electron chi connectivity index (χ3n) is 2.78. The fourth-order valence-electron chi connectivity index (χ4n) is 1.71. The first kappa shape index (κ1) is 19.8. The molecule has 0 aliphatic rings. The summed E-state index contributed by atoms with van der Waals surface area (Å²) >= 11 is 1.56. The zero-order valence-electron chi connectivity index (χ0n) is 14.5. The third-order valence-corrected chi connectivity index (χ3v) is 4.11. The standard InChI is InChI=1S/C17H24N4O2S/c1-12(9-18)11-24-14-8-6-5-7-13(14)19-10-15(22)20-16(23)21-17(2,3)4/h5-8,12,19H,10-11H2,1-4H3,(H2,20,21,22,23)/t12-/m0/s1. The van der Waals surface area contributed by atoms with Gasteiger partial charge in [-0.1, -0.05) is 12.1 Å². The molecule has 1 rings (SSSR count). The van der Waals surface area contributed by atoms with E-state index in [0.717, 1.165) is 10.6 Å². The Kier molecular flexibility index (Phi) is 7.59. The molecule has 0 bridgehead atoms. The molecule has 24 heavy (non-hydrogen) atoms. The molecule has 0 unspecified atom stereocenters. The van der Waals surface area contributed by atoms with Crippen molar-refractivity contribution < 1.29 is 9.59 Å². The van der Waals surface area contributed by atoms with Gasteiger partial charge in [0.25, 0.3) is 0 Å². The number of nitrogens with one attached hydrogen (secondary N) is 3. The number of urea groups is 1. The monoisotopic (exact) mass is 348 g/mol. The Hall–Kier alpha value is -2.20. The summed E-state index contributed by atoms with van der Waals surface area (Å²) in [5.74, 6) is 0.212. The Morgan fingerprint density at radius 1 is 1.29 bits per heavy atom. The summed E-state index contributed by atoms with van der Waals surface area (Å²) < 4.78 is 0. The van der Waals surface area contributed by atoms with E-state index < -0.39 is 17.5 Å². The van der Waals surface area contributed by atoms with E-state index in [1.54, 1.807) is 11.8 Å². The fraction of sp³-hybridized carbons (Fsp3) is 0.471. The normalized spacial score (nSPS) is 12.0. The maximum Gasteiger partial charge on any atom is 0.321 e. The Balaban J connectivity index is 2.54. The molecule has 7 heteroatoms. The number of imide groups is 1. The average Bonchev–Trinajstić information content (AvgIpc) is 2.49. The smallest absolute Gasteiger partial charge is 0.321 e. The maximum absolute atomic E-state index is 11.9. The van der Waals surface area contributed by atoms with Crippen LogP contribution in [0.2, 0.25) is 0 Å². The minimum Gasteiger partial charge on any atom is -0.375 e. The number of nitrogens with zero attached hydrogens (tertiary/aromatic N) is 1. The minimum atomic E-state index is -0.514. The number of hydrogen-bond donors (Lipinski definition) is 3. The van der Waals surface area contributed by atoms with Gasteiger partial charge in [-0.05, 0) is 39.8 Å². The number of thioether (sulfide) groups is 1. The first-order chi connectivity index (χ1) is 11.2. The van der Waals surface area contributed by atoms with Crippen molar-refractivity contribution in [1.82, 2.24) is 10.6 Å². The highest BCUT2D eigenvalue weighted by Crippen LogP contribution is 2.28. The number of amides is 3. The van der Waals surface area contributed by atoms with E-state index in [9.17, 15) is 9.59 Å². The van der Waals surface area contributed by atoms with E-state index in [-0.39, 0.29) is 12.5 Å². The van der Waals surface area contributed by atoms with Crippen molar-refractivity contribution in [1.29, 1.82) is 5.26 Å². The highest BCUT2D eigenvalue weighted by atomic mass is 32.2. The highest BCUT2D eigenvalue weighted by molar-refractivity contribution is 7.99. The van der Waals surface area contributed by atoms with Gasteiger partial charge in [0.15, 0.2) is 0 Å². The lowest BCUT2D eigenvalue weighted by atomic mass is 10.1. The molecule has 3 N–H and O–H groups in total. The summed E-state index contributed by atoms with van der Waals surface area (Å²) in [7, 11) is 0. The molecule has 6 nitrogen and oxygen atoms in total. The molecule has 0 fully saturated rings. The Morgan fingerprint density at radius 3 is 2.58 bits per heavy atom. The van der Waals surface area contributed by atoms with E-state index in [2.05, 4.69) is 22.0 Å². The summed E-state index contributed by atoms with van der Waals surface area (Å²) in [6.07, 6.45) is 0. The van der Waals surface area contributed by atoms with Gasteiger partial charge in [-0.25, -0.2) is 4.79 Å². The fourth-order valence-corrected chi connectivity index (χ4v) is 2.68. The van der Waals surface area contributed by atoms with Gasteiger partial charge >= 0.3 is 6.03 Å². The zero-order chi connectivity index (χ0) is 18.2. The molecule has 0 saturated heterocycles. The van der Waals surface area contributed by atoms with Crippen LogP contribution in [0, 0.1) is 17.2 Å². The van der Waals surface area contributed by atoms with Gasteiger partial charge in [0.1, 0.15) is 0 Å². The van der Waals surface area contributed by atoms with Crippen molar-refractivity contribution >= 4 is 29.4 Å². The van der Waals surface area contributed by atoms with Crippen LogP contribution in [0.15, 0.2) is 29.2 Å². The van der Waals surface area contributed by atoms with Crippen molar-refractivity contribution in [3.63, 3.8) is 0 Å². The molecule has 1 aromatic rings. The highest BCUT2D eigenvalue weighted by Gasteiger charge is 2.15. The summed E-state index contributed by atoms with van der Waals surface area (Å²) in [6, 6.07) is 9.25. The molecule has 0 saturated carbocycles. The lowest BCUT2D eigenvalue weighted by Crippen LogP contribution is -2.49. The van der Waals surface area contributed by atoms with Gasteiger partial charge in [-0.2, -0.15) is 5.26 Å². The van der Waals surface area contributed by atoms with Crippen LogP contribution in [0.1, 0.15) is 27.7 Å². The van der Waals surface area contributed by atoms with Crippen LogP contribution in [0.5, 0.6) is 0 Å².